The Balaban J connectivity index is 1.83. The molecular formula is C17H16N3O4-. The Morgan fingerprint density at radius 2 is 1.88 bits per heavy atom. The van der Waals surface area contributed by atoms with Crippen molar-refractivity contribution in [3.63, 3.8) is 0 Å². The van der Waals surface area contributed by atoms with E-state index >= 15 is 0 Å². The number of carboxylic acid groups (broad SMARTS) is 1. The number of ether oxygens (including phenoxy) is 1. The molecule has 7 heteroatoms. The van der Waals surface area contributed by atoms with Gasteiger partial charge in [0.2, 0.25) is 0 Å². The van der Waals surface area contributed by atoms with Crippen LogP contribution in [0.3, 0.4) is 0 Å². The van der Waals surface area contributed by atoms with Gasteiger partial charge in [0.25, 0.3) is 5.91 Å². The number of carbonyl (C=O) groups excluding carboxylic acids is 2. The summed E-state index contributed by atoms with van der Waals surface area (Å²) in [6.07, 6.45) is 1.42. The molecule has 0 aliphatic heterocycles. The van der Waals surface area contributed by atoms with E-state index in [0.717, 1.165) is 0 Å². The topological polar surface area (TPSA) is 103 Å². The van der Waals surface area contributed by atoms with Gasteiger partial charge in [0.1, 0.15) is 5.75 Å². The van der Waals surface area contributed by atoms with Crippen molar-refractivity contribution in [3.8, 4) is 5.75 Å². The fourth-order valence-corrected chi connectivity index (χ4v) is 1.89. The van der Waals surface area contributed by atoms with Crippen molar-refractivity contribution < 1.29 is 19.4 Å². The van der Waals surface area contributed by atoms with Crippen LogP contribution in [0.1, 0.15) is 15.9 Å². The zero-order valence-electron chi connectivity index (χ0n) is 13.0. The van der Waals surface area contributed by atoms with Crippen LogP contribution in [0.2, 0.25) is 0 Å². The summed E-state index contributed by atoms with van der Waals surface area (Å²) in [4.78, 5) is 22.4. The van der Waals surface area contributed by atoms with Gasteiger partial charge in [-0.2, -0.15) is 5.10 Å². The first-order valence-corrected chi connectivity index (χ1v) is 7.10. The first-order valence-electron chi connectivity index (χ1n) is 7.10. The van der Waals surface area contributed by atoms with Gasteiger partial charge < -0.3 is 20.0 Å². The van der Waals surface area contributed by atoms with E-state index in [0.29, 0.717) is 17.0 Å². The highest BCUT2D eigenvalue weighted by Crippen LogP contribution is 2.22. The highest BCUT2D eigenvalue weighted by molar-refractivity contribution is 5.88. The zero-order chi connectivity index (χ0) is 17.4. The first-order chi connectivity index (χ1) is 11.6. The van der Waals surface area contributed by atoms with Crippen LogP contribution >= 0.6 is 0 Å². The quantitative estimate of drug-likeness (QED) is 0.573. The molecular weight excluding hydrogens is 310 g/mol. The molecule has 124 valence electrons. The van der Waals surface area contributed by atoms with E-state index in [9.17, 15) is 14.7 Å². The summed E-state index contributed by atoms with van der Waals surface area (Å²) in [5, 5.41) is 17.4. The summed E-state index contributed by atoms with van der Waals surface area (Å²) < 4.78 is 5.17. The number of anilines is 1. The number of hydrazone groups is 1. The first kappa shape index (κ1) is 17.0. The molecule has 2 aromatic rings. The summed E-state index contributed by atoms with van der Waals surface area (Å²) >= 11 is 0. The Hall–Kier alpha value is -3.35. The number of para-hydroxylation sites is 2. The van der Waals surface area contributed by atoms with Gasteiger partial charge in [-0.3, -0.25) is 4.79 Å². The highest BCUT2D eigenvalue weighted by atomic mass is 16.5. The lowest BCUT2D eigenvalue weighted by Gasteiger charge is -2.09. The second kappa shape index (κ2) is 8.33. The van der Waals surface area contributed by atoms with Crippen molar-refractivity contribution >= 4 is 23.8 Å². The smallest absolute Gasteiger partial charge is 0.259 e. The van der Waals surface area contributed by atoms with Crippen LogP contribution in [-0.4, -0.2) is 31.7 Å². The molecule has 0 saturated heterocycles. The van der Waals surface area contributed by atoms with Crippen LogP contribution in [0.15, 0.2) is 53.6 Å². The van der Waals surface area contributed by atoms with Crippen LogP contribution < -0.4 is 20.6 Å². The third-order valence-electron chi connectivity index (χ3n) is 3.10. The van der Waals surface area contributed by atoms with Crippen LogP contribution in [0, 0.1) is 0 Å². The molecule has 0 atom stereocenters. The Labute approximate surface area is 139 Å². The number of nitrogens with zero attached hydrogens (tertiary/aromatic N) is 1. The maximum atomic E-state index is 11.7. The predicted octanol–water partition coefficient (Wildman–Crippen LogP) is 0.621. The number of benzene rings is 2. The molecule has 0 unspecified atom stereocenters. The Bertz CT molecular complexity index is 742. The SMILES string of the molecule is COc1ccccc1NCC(=O)N/N=C/c1ccc(C(=O)[O-])cc1. The largest absolute Gasteiger partial charge is 0.545 e. The monoisotopic (exact) mass is 326 g/mol. The molecule has 2 N–H and O–H groups in total. The van der Waals surface area contributed by atoms with Crippen LogP contribution in [-0.2, 0) is 4.79 Å². The van der Waals surface area contributed by atoms with Crippen molar-refractivity contribution in [2.45, 2.75) is 0 Å². The third kappa shape index (κ3) is 4.84. The summed E-state index contributed by atoms with van der Waals surface area (Å²) in [6.45, 7) is 0.0291. The van der Waals surface area contributed by atoms with Gasteiger partial charge >= 0.3 is 0 Å². The van der Waals surface area contributed by atoms with Gasteiger partial charge in [-0.25, -0.2) is 5.43 Å². The average Bonchev–Trinajstić information content (AvgIpc) is 2.60. The normalized spacial score (nSPS) is 10.4. The lowest BCUT2D eigenvalue weighted by atomic mass is 10.1. The number of hydrogen-bond donors (Lipinski definition) is 2. The van der Waals surface area contributed by atoms with Crippen molar-refractivity contribution in [2.75, 3.05) is 19.0 Å². The van der Waals surface area contributed by atoms with Gasteiger partial charge in [0.05, 0.1) is 31.5 Å². The molecule has 2 aromatic carbocycles. The number of carboxylic acids is 1. The summed E-state index contributed by atoms with van der Waals surface area (Å²) in [5.74, 6) is -0.931. The van der Waals surface area contributed by atoms with Gasteiger partial charge in [0, 0.05) is 0 Å². The number of hydrogen-bond acceptors (Lipinski definition) is 6. The van der Waals surface area contributed by atoms with Gasteiger partial charge in [-0.1, -0.05) is 36.4 Å². The number of methoxy groups -OCH3 is 1. The molecule has 2 rings (SSSR count). The lowest BCUT2D eigenvalue weighted by Crippen LogP contribution is -2.26. The number of rotatable bonds is 7. The molecule has 0 radical (unpaired) electrons. The minimum atomic E-state index is -1.24. The van der Waals surface area contributed by atoms with Gasteiger partial charge in [-0.05, 0) is 23.3 Å². The second-order valence-corrected chi connectivity index (χ2v) is 4.76. The second-order valence-electron chi connectivity index (χ2n) is 4.76. The Morgan fingerprint density at radius 3 is 2.54 bits per heavy atom. The summed E-state index contributed by atoms with van der Waals surface area (Å²) in [7, 11) is 1.55. The van der Waals surface area contributed by atoms with E-state index in [2.05, 4.69) is 15.8 Å². The van der Waals surface area contributed by atoms with E-state index in [1.54, 1.807) is 31.4 Å². The lowest BCUT2D eigenvalue weighted by molar-refractivity contribution is -0.255. The minimum absolute atomic E-state index is 0.0291. The summed E-state index contributed by atoms with van der Waals surface area (Å²) in [6, 6.07) is 13.2. The Morgan fingerprint density at radius 1 is 1.17 bits per heavy atom. The highest BCUT2D eigenvalue weighted by Gasteiger charge is 2.03. The van der Waals surface area contributed by atoms with Crippen molar-refractivity contribution in [1.82, 2.24) is 5.43 Å². The minimum Gasteiger partial charge on any atom is -0.545 e. The zero-order valence-corrected chi connectivity index (χ0v) is 13.0. The molecule has 0 aromatic heterocycles. The number of nitrogens with one attached hydrogen (secondary N) is 2. The van der Waals surface area contributed by atoms with E-state index in [1.807, 2.05) is 12.1 Å². The van der Waals surface area contributed by atoms with Crippen molar-refractivity contribution in [3.05, 3.63) is 59.7 Å². The van der Waals surface area contributed by atoms with Crippen LogP contribution in [0.5, 0.6) is 5.75 Å². The number of aromatic carboxylic acids is 1. The standard InChI is InChI=1S/C17H17N3O4/c1-24-15-5-3-2-4-14(15)18-11-16(21)20-19-10-12-6-8-13(9-7-12)17(22)23/h2-10,18H,11H2,1H3,(H,20,21)(H,22,23)/p-1/b19-10+. The summed E-state index contributed by atoms with van der Waals surface area (Å²) in [5.41, 5.74) is 3.81. The molecule has 0 bridgehead atoms. The molecule has 24 heavy (non-hydrogen) atoms. The molecule has 0 fully saturated rings. The van der Waals surface area contributed by atoms with E-state index in [4.69, 9.17) is 4.74 Å². The number of carbonyl (C=O) groups is 2. The van der Waals surface area contributed by atoms with Gasteiger partial charge in [-0.15, -0.1) is 0 Å². The molecule has 0 saturated carbocycles. The van der Waals surface area contributed by atoms with Gasteiger partial charge in [0.15, 0.2) is 0 Å². The third-order valence-corrected chi connectivity index (χ3v) is 3.10. The molecule has 0 aliphatic carbocycles. The molecule has 0 aliphatic rings. The van der Waals surface area contributed by atoms with E-state index < -0.39 is 5.97 Å². The molecule has 1 amide bonds. The fourth-order valence-electron chi connectivity index (χ4n) is 1.89. The maximum Gasteiger partial charge on any atom is 0.259 e. The van der Waals surface area contributed by atoms with E-state index in [-0.39, 0.29) is 18.0 Å². The fraction of sp³-hybridized carbons (Fsp3) is 0.118. The molecule has 0 heterocycles. The van der Waals surface area contributed by atoms with Crippen LogP contribution in [0.4, 0.5) is 5.69 Å². The van der Waals surface area contributed by atoms with E-state index in [1.165, 1.54) is 18.3 Å². The number of amides is 1. The average molecular weight is 326 g/mol. The van der Waals surface area contributed by atoms with Crippen LogP contribution in [0.25, 0.3) is 0 Å². The van der Waals surface area contributed by atoms with Crippen molar-refractivity contribution in [1.29, 1.82) is 0 Å². The maximum absolute atomic E-state index is 11.7. The molecule has 7 nitrogen and oxygen atoms in total. The molecule has 0 spiro atoms. The predicted molar refractivity (Wildman–Crippen MR) is 88.0 cm³/mol. The Kier molecular flexibility index (Phi) is 5.90. The van der Waals surface area contributed by atoms with Crippen molar-refractivity contribution in [2.24, 2.45) is 5.10 Å².